The van der Waals surface area contributed by atoms with E-state index in [9.17, 15) is 0 Å². The molecule has 0 heteroatoms. The molecule has 0 amide bonds. The lowest BCUT2D eigenvalue weighted by atomic mass is 9.81. The lowest BCUT2D eigenvalue weighted by Crippen LogP contribution is -2.34. The smallest absolute Gasteiger partial charge is 0.00561 e. The van der Waals surface area contributed by atoms with Crippen molar-refractivity contribution in [2.45, 2.75) is 38.5 Å². The number of hydrogen-bond acceptors (Lipinski definition) is 0. The van der Waals surface area contributed by atoms with Gasteiger partial charge in [0.25, 0.3) is 0 Å². The average Bonchev–Trinajstić information content (AvgIpc) is 2.93. The molecule has 0 radical (unpaired) electrons. The van der Waals surface area contributed by atoms with Gasteiger partial charge in [0.05, 0.1) is 0 Å². The number of hydrogen-bond donors (Lipinski definition) is 0. The largest absolute Gasteiger partial charge is 0.0952 e. The van der Waals surface area contributed by atoms with Crippen molar-refractivity contribution in [3.8, 4) is 0 Å². The van der Waals surface area contributed by atoms with Crippen molar-refractivity contribution in [3.05, 3.63) is 130 Å². The Morgan fingerprint density at radius 3 is 2.51 bits per heavy atom. The quantitative estimate of drug-likeness (QED) is 0.360. The standard InChI is InChI=1S/C35H32/c1-25(26-13-3-2-4-14-26)12-11-21-30-31-17-7-9-19-33(31)35(34-20-10-8-18-32(30)34)29-23-22-27-15-5-6-16-28(27)24-29/h2-7,9,13-14,16-20,22-24,27H,1,8,10-12,15,21H2. The first-order valence-corrected chi connectivity index (χ1v) is 13.0. The molecule has 1 unspecified atom stereocenters. The molecule has 0 saturated carbocycles. The Hall–Kier alpha value is -3.64. The van der Waals surface area contributed by atoms with Gasteiger partial charge in [-0.05, 0) is 93.1 Å². The second kappa shape index (κ2) is 9.55. The van der Waals surface area contributed by atoms with E-state index in [0.717, 1.165) is 38.5 Å². The molecule has 0 spiro atoms. The first-order chi connectivity index (χ1) is 17.3. The van der Waals surface area contributed by atoms with Gasteiger partial charge in [0.2, 0.25) is 0 Å². The minimum atomic E-state index is 0.526. The maximum absolute atomic E-state index is 4.38. The molecule has 1 atom stereocenters. The van der Waals surface area contributed by atoms with Crippen LogP contribution in [0, 0.1) is 5.92 Å². The summed E-state index contributed by atoms with van der Waals surface area (Å²) in [6.45, 7) is 4.38. The monoisotopic (exact) mass is 452 g/mol. The molecule has 172 valence electrons. The molecule has 0 nitrogen and oxygen atoms in total. The van der Waals surface area contributed by atoms with Crippen LogP contribution in [-0.2, 0) is 6.42 Å². The zero-order valence-electron chi connectivity index (χ0n) is 20.3. The Kier molecular flexibility index (Phi) is 5.96. The molecule has 3 aliphatic carbocycles. The zero-order valence-corrected chi connectivity index (χ0v) is 20.3. The van der Waals surface area contributed by atoms with Gasteiger partial charge in [-0.25, -0.2) is 0 Å². The third-order valence-corrected chi connectivity index (χ3v) is 7.72. The predicted octanol–water partition coefficient (Wildman–Crippen LogP) is 7.69. The summed E-state index contributed by atoms with van der Waals surface area (Å²) < 4.78 is 0. The topological polar surface area (TPSA) is 0 Å². The van der Waals surface area contributed by atoms with Crippen LogP contribution in [-0.4, -0.2) is 0 Å². The van der Waals surface area contributed by atoms with Crippen LogP contribution in [0.3, 0.4) is 0 Å². The van der Waals surface area contributed by atoms with E-state index in [1.165, 1.54) is 54.6 Å². The molecule has 3 aromatic carbocycles. The van der Waals surface area contributed by atoms with Crippen molar-refractivity contribution in [2.75, 3.05) is 0 Å². The van der Waals surface area contributed by atoms with E-state index in [2.05, 4.69) is 110 Å². The molecule has 3 aliphatic rings. The van der Waals surface area contributed by atoms with E-state index in [4.69, 9.17) is 0 Å². The van der Waals surface area contributed by atoms with E-state index >= 15 is 0 Å². The molecule has 0 bridgehead atoms. The normalized spacial score (nSPS) is 18.1. The van der Waals surface area contributed by atoms with Crippen molar-refractivity contribution in [1.82, 2.24) is 0 Å². The summed E-state index contributed by atoms with van der Waals surface area (Å²) in [4.78, 5) is 0. The first kappa shape index (κ1) is 21.9. The van der Waals surface area contributed by atoms with Crippen LogP contribution in [0.25, 0.3) is 34.1 Å². The van der Waals surface area contributed by atoms with Crippen LogP contribution in [0.5, 0.6) is 0 Å². The summed E-state index contributed by atoms with van der Waals surface area (Å²) in [5.74, 6) is 0.526. The summed E-state index contributed by atoms with van der Waals surface area (Å²) in [5, 5.41) is 5.69. The van der Waals surface area contributed by atoms with Crippen molar-refractivity contribution >= 4 is 34.1 Å². The lowest BCUT2D eigenvalue weighted by Gasteiger charge is -2.23. The van der Waals surface area contributed by atoms with Crippen LogP contribution in [0.15, 0.2) is 103 Å². The van der Waals surface area contributed by atoms with Gasteiger partial charge in [-0.15, -0.1) is 0 Å². The Labute approximate surface area is 208 Å². The molecule has 35 heavy (non-hydrogen) atoms. The molecular formula is C35H32. The second-order valence-corrected chi connectivity index (χ2v) is 9.93. The van der Waals surface area contributed by atoms with E-state index in [0.29, 0.717) is 5.92 Å². The van der Waals surface area contributed by atoms with Gasteiger partial charge >= 0.3 is 0 Å². The second-order valence-electron chi connectivity index (χ2n) is 9.93. The lowest BCUT2D eigenvalue weighted by molar-refractivity contribution is 0.781. The summed E-state index contributed by atoms with van der Waals surface area (Å²) in [6, 6.07) is 19.7. The van der Waals surface area contributed by atoms with Crippen LogP contribution >= 0.6 is 0 Å². The van der Waals surface area contributed by atoms with Gasteiger partial charge in [0.15, 0.2) is 0 Å². The number of allylic oxidation sites excluding steroid dienone is 9. The average molecular weight is 453 g/mol. The fraction of sp³-hybridized carbons (Fsp3) is 0.200. The van der Waals surface area contributed by atoms with E-state index in [1.807, 2.05) is 0 Å². The highest BCUT2D eigenvalue weighted by Crippen LogP contribution is 2.34. The molecule has 0 fully saturated rings. The van der Waals surface area contributed by atoms with Crippen molar-refractivity contribution in [3.63, 3.8) is 0 Å². The molecule has 0 N–H and O–H groups in total. The Balaban J connectivity index is 1.42. The highest BCUT2D eigenvalue weighted by atomic mass is 14.2. The molecule has 0 aromatic heterocycles. The Bertz CT molecular complexity index is 1540. The number of benzene rings is 3. The molecular weight excluding hydrogens is 420 g/mol. The van der Waals surface area contributed by atoms with Crippen LogP contribution in [0.4, 0.5) is 0 Å². The van der Waals surface area contributed by atoms with Crippen molar-refractivity contribution in [2.24, 2.45) is 5.92 Å². The van der Waals surface area contributed by atoms with Crippen LogP contribution in [0.1, 0.15) is 48.8 Å². The summed E-state index contributed by atoms with van der Waals surface area (Å²) >= 11 is 0. The van der Waals surface area contributed by atoms with Gasteiger partial charge in [-0.1, -0.05) is 110 Å². The summed E-state index contributed by atoms with van der Waals surface area (Å²) in [7, 11) is 0. The van der Waals surface area contributed by atoms with Crippen LogP contribution < -0.4 is 10.4 Å². The maximum Gasteiger partial charge on any atom is 0.00561 e. The summed E-state index contributed by atoms with van der Waals surface area (Å²) in [6.07, 6.45) is 25.5. The molecule has 0 saturated heterocycles. The highest BCUT2D eigenvalue weighted by molar-refractivity contribution is 5.99. The van der Waals surface area contributed by atoms with Gasteiger partial charge < -0.3 is 0 Å². The maximum atomic E-state index is 4.38. The Morgan fingerprint density at radius 2 is 1.66 bits per heavy atom. The minimum Gasteiger partial charge on any atom is -0.0952 e. The minimum absolute atomic E-state index is 0.526. The fourth-order valence-corrected chi connectivity index (χ4v) is 5.94. The molecule has 6 rings (SSSR count). The summed E-state index contributed by atoms with van der Waals surface area (Å²) in [5.41, 5.74) is 8.20. The van der Waals surface area contributed by atoms with E-state index in [-0.39, 0.29) is 0 Å². The van der Waals surface area contributed by atoms with Gasteiger partial charge in [0.1, 0.15) is 0 Å². The van der Waals surface area contributed by atoms with Crippen molar-refractivity contribution in [1.29, 1.82) is 0 Å². The number of rotatable bonds is 6. The SMILES string of the molecule is C=C(CCCc1c2c(c(C3=CC4=CC=CCC4C=C3)c3ccccc13)=CCCC=2)c1ccccc1. The third-order valence-electron chi connectivity index (χ3n) is 7.72. The third kappa shape index (κ3) is 4.19. The number of aryl methyl sites for hydroxylation is 1. The van der Waals surface area contributed by atoms with Crippen molar-refractivity contribution < 1.29 is 0 Å². The van der Waals surface area contributed by atoms with E-state index in [1.54, 1.807) is 0 Å². The predicted molar refractivity (Wildman–Crippen MR) is 152 cm³/mol. The molecule has 3 aromatic rings. The van der Waals surface area contributed by atoms with Crippen LogP contribution in [0.2, 0.25) is 0 Å². The molecule has 0 aliphatic heterocycles. The number of fused-ring (bicyclic) bond motifs is 3. The fourth-order valence-electron chi connectivity index (χ4n) is 5.94. The molecule has 0 heterocycles. The van der Waals surface area contributed by atoms with Gasteiger partial charge in [-0.3, -0.25) is 0 Å². The first-order valence-electron chi connectivity index (χ1n) is 13.0. The zero-order chi connectivity index (χ0) is 23.6. The van der Waals surface area contributed by atoms with Gasteiger partial charge in [0, 0.05) is 5.92 Å². The van der Waals surface area contributed by atoms with Gasteiger partial charge in [-0.2, -0.15) is 0 Å². The van der Waals surface area contributed by atoms with E-state index < -0.39 is 0 Å². The highest BCUT2D eigenvalue weighted by Gasteiger charge is 2.19. The Morgan fingerprint density at radius 1 is 0.886 bits per heavy atom.